The lowest BCUT2D eigenvalue weighted by molar-refractivity contribution is 0.411. The molecule has 0 fully saturated rings. The number of methoxy groups -OCH3 is 2. The van der Waals surface area contributed by atoms with Crippen molar-refractivity contribution in [1.82, 2.24) is 9.78 Å². The number of fused-ring (bicyclic) bond motifs is 1. The van der Waals surface area contributed by atoms with Crippen LogP contribution < -0.4 is 15.2 Å². The first kappa shape index (κ1) is 13.3. The number of benzene rings is 2. The quantitative estimate of drug-likeness (QED) is 0.803. The van der Waals surface area contributed by atoms with Gasteiger partial charge in [-0.1, -0.05) is 24.3 Å². The van der Waals surface area contributed by atoms with E-state index in [1.165, 1.54) is 0 Å². The van der Waals surface area contributed by atoms with Gasteiger partial charge in [0, 0.05) is 29.4 Å². The molecule has 0 aliphatic heterocycles. The number of aryl methyl sites for hydroxylation is 1. The zero-order valence-electron chi connectivity index (χ0n) is 12.3. The number of nitrogens with two attached hydrogens (primary N) is 1. The molecule has 3 aromatic rings. The van der Waals surface area contributed by atoms with Gasteiger partial charge in [-0.3, -0.25) is 4.68 Å². The van der Waals surface area contributed by atoms with Crippen LogP contribution in [0.4, 0.5) is 5.82 Å². The summed E-state index contributed by atoms with van der Waals surface area (Å²) in [5.74, 6) is 2.15. The van der Waals surface area contributed by atoms with E-state index in [0.717, 1.165) is 33.5 Å². The van der Waals surface area contributed by atoms with Gasteiger partial charge in [0.25, 0.3) is 0 Å². The molecule has 5 nitrogen and oxygen atoms in total. The predicted octanol–water partition coefficient (Wildman–Crippen LogP) is 2.84. The normalized spacial score (nSPS) is 10.8. The summed E-state index contributed by atoms with van der Waals surface area (Å²) >= 11 is 0. The van der Waals surface area contributed by atoms with Crippen LogP contribution in [-0.2, 0) is 7.05 Å². The Morgan fingerprint density at radius 2 is 1.76 bits per heavy atom. The number of rotatable bonds is 3. The number of aromatic nitrogens is 2. The SMILES string of the molecule is COc1cc(-c2cc(N)n(C)n2)c(OC)c2ccccc12. The lowest BCUT2D eigenvalue weighted by Crippen LogP contribution is -1.97. The molecule has 0 saturated heterocycles. The maximum absolute atomic E-state index is 5.88. The van der Waals surface area contributed by atoms with Crippen LogP contribution in [0.5, 0.6) is 11.5 Å². The van der Waals surface area contributed by atoms with E-state index in [9.17, 15) is 0 Å². The summed E-state index contributed by atoms with van der Waals surface area (Å²) in [5, 5.41) is 6.42. The van der Waals surface area contributed by atoms with Crippen molar-refractivity contribution in [3.05, 3.63) is 36.4 Å². The Hall–Kier alpha value is -2.69. The van der Waals surface area contributed by atoms with E-state index in [2.05, 4.69) is 5.10 Å². The fourth-order valence-corrected chi connectivity index (χ4v) is 2.51. The van der Waals surface area contributed by atoms with Crippen molar-refractivity contribution in [3.63, 3.8) is 0 Å². The lowest BCUT2D eigenvalue weighted by Gasteiger charge is -2.13. The van der Waals surface area contributed by atoms with E-state index in [4.69, 9.17) is 15.2 Å². The molecule has 5 heteroatoms. The van der Waals surface area contributed by atoms with Crippen molar-refractivity contribution in [1.29, 1.82) is 0 Å². The summed E-state index contributed by atoms with van der Waals surface area (Å²) in [6, 6.07) is 11.7. The molecule has 0 spiro atoms. The van der Waals surface area contributed by atoms with Gasteiger partial charge in [0.05, 0.1) is 19.9 Å². The Morgan fingerprint density at radius 3 is 2.33 bits per heavy atom. The summed E-state index contributed by atoms with van der Waals surface area (Å²) in [6.07, 6.45) is 0. The minimum absolute atomic E-state index is 0.596. The summed E-state index contributed by atoms with van der Waals surface area (Å²) in [4.78, 5) is 0. The smallest absolute Gasteiger partial charge is 0.136 e. The maximum Gasteiger partial charge on any atom is 0.136 e. The molecule has 2 aromatic carbocycles. The van der Waals surface area contributed by atoms with Crippen LogP contribution in [0.15, 0.2) is 36.4 Å². The topological polar surface area (TPSA) is 62.3 Å². The predicted molar refractivity (Wildman–Crippen MR) is 83.7 cm³/mol. The number of nitrogens with zero attached hydrogens (tertiary/aromatic N) is 2. The Kier molecular flexibility index (Phi) is 3.17. The van der Waals surface area contributed by atoms with Crippen molar-refractivity contribution in [2.24, 2.45) is 7.05 Å². The summed E-state index contributed by atoms with van der Waals surface area (Å²) in [7, 11) is 5.12. The van der Waals surface area contributed by atoms with Crippen molar-refractivity contribution in [3.8, 4) is 22.8 Å². The van der Waals surface area contributed by atoms with E-state index in [-0.39, 0.29) is 0 Å². The fraction of sp³-hybridized carbons (Fsp3) is 0.188. The highest BCUT2D eigenvalue weighted by Gasteiger charge is 2.17. The molecule has 1 heterocycles. The van der Waals surface area contributed by atoms with Gasteiger partial charge >= 0.3 is 0 Å². The highest BCUT2D eigenvalue weighted by Crippen LogP contribution is 2.41. The first-order chi connectivity index (χ1) is 10.2. The van der Waals surface area contributed by atoms with Crippen LogP contribution in [0.1, 0.15) is 0 Å². The largest absolute Gasteiger partial charge is 0.496 e. The molecule has 21 heavy (non-hydrogen) atoms. The standard InChI is InChI=1S/C16H17N3O2/c1-19-15(17)9-13(18-19)12-8-14(20-2)10-6-4-5-7-11(10)16(12)21-3/h4-9H,17H2,1-3H3. The van der Waals surface area contributed by atoms with E-state index >= 15 is 0 Å². The zero-order chi connectivity index (χ0) is 15.0. The first-order valence-corrected chi connectivity index (χ1v) is 6.59. The van der Waals surface area contributed by atoms with Crippen LogP contribution >= 0.6 is 0 Å². The maximum atomic E-state index is 5.88. The third-order valence-corrected chi connectivity index (χ3v) is 3.57. The Labute approximate surface area is 122 Å². The second-order valence-electron chi connectivity index (χ2n) is 4.78. The van der Waals surface area contributed by atoms with Crippen LogP contribution in [0.2, 0.25) is 0 Å². The minimum atomic E-state index is 0.596. The number of hydrogen-bond donors (Lipinski definition) is 1. The van der Waals surface area contributed by atoms with E-state index in [1.54, 1.807) is 18.9 Å². The van der Waals surface area contributed by atoms with E-state index in [0.29, 0.717) is 5.82 Å². The second-order valence-corrected chi connectivity index (χ2v) is 4.78. The third-order valence-electron chi connectivity index (χ3n) is 3.57. The Bertz CT molecular complexity index is 789. The highest BCUT2D eigenvalue weighted by molar-refractivity contribution is 5.99. The molecular formula is C16H17N3O2. The number of ether oxygens (including phenoxy) is 2. The zero-order valence-corrected chi connectivity index (χ0v) is 12.3. The molecule has 0 bridgehead atoms. The average molecular weight is 283 g/mol. The monoisotopic (exact) mass is 283 g/mol. The molecule has 0 atom stereocenters. The van der Waals surface area contributed by atoms with Crippen LogP contribution in [0, 0.1) is 0 Å². The van der Waals surface area contributed by atoms with Crippen LogP contribution in [0.25, 0.3) is 22.0 Å². The second kappa shape index (κ2) is 5.01. The van der Waals surface area contributed by atoms with Crippen molar-refractivity contribution < 1.29 is 9.47 Å². The Morgan fingerprint density at radius 1 is 1.05 bits per heavy atom. The van der Waals surface area contributed by atoms with Gasteiger partial charge in [0.15, 0.2) is 0 Å². The molecule has 108 valence electrons. The number of hydrogen-bond acceptors (Lipinski definition) is 4. The molecule has 0 radical (unpaired) electrons. The number of anilines is 1. The molecule has 0 aliphatic rings. The van der Waals surface area contributed by atoms with Gasteiger partial charge in [0.2, 0.25) is 0 Å². The lowest BCUT2D eigenvalue weighted by atomic mass is 10.0. The van der Waals surface area contributed by atoms with Crippen molar-refractivity contribution in [2.75, 3.05) is 20.0 Å². The van der Waals surface area contributed by atoms with Crippen molar-refractivity contribution >= 4 is 16.6 Å². The highest BCUT2D eigenvalue weighted by atomic mass is 16.5. The molecule has 0 unspecified atom stereocenters. The Balaban J connectivity index is 2.36. The van der Waals surface area contributed by atoms with Gasteiger partial charge < -0.3 is 15.2 Å². The van der Waals surface area contributed by atoms with E-state index < -0.39 is 0 Å². The van der Waals surface area contributed by atoms with Gasteiger partial charge in [0.1, 0.15) is 17.3 Å². The molecule has 2 N–H and O–H groups in total. The molecule has 0 aliphatic carbocycles. The first-order valence-electron chi connectivity index (χ1n) is 6.59. The average Bonchev–Trinajstić information content (AvgIpc) is 2.84. The van der Waals surface area contributed by atoms with Gasteiger partial charge in [-0.2, -0.15) is 5.10 Å². The van der Waals surface area contributed by atoms with Gasteiger partial charge in [-0.15, -0.1) is 0 Å². The van der Waals surface area contributed by atoms with Crippen LogP contribution in [-0.4, -0.2) is 24.0 Å². The molecule has 1 aromatic heterocycles. The molecule has 3 rings (SSSR count). The fourth-order valence-electron chi connectivity index (χ4n) is 2.51. The van der Waals surface area contributed by atoms with E-state index in [1.807, 2.05) is 43.4 Å². The molecule has 0 saturated carbocycles. The molecular weight excluding hydrogens is 266 g/mol. The van der Waals surface area contributed by atoms with Crippen molar-refractivity contribution in [2.45, 2.75) is 0 Å². The third kappa shape index (κ3) is 2.07. The minimum Gasteiger partial charge on any atom is -0.496 e. The van der Waals surface area contributed by atoms with Gasteiger partial charge in [-0.25, -0.2) is 0 Å². The molecule has 0 amide bonds. The summed E-state index contributed by atoms with van der Waals surface area (Å²) < 4.78 is 12.8. The summed E-state index contributed by atoms with van der Waals surface area (Å²) in [5.41, 5.74) is 7.50. The van der Waals surface area contributed by atoms with Crippen LogP contribution in [0.3, 0.4) is 0 Å². The number of nitrogen functional groups attached to an aromatic ring is 1. The van der Waals surface area contributed by atoms with Gasteiger partial charge in [-0.05, 0) is 6.07 Å². The summed E-state index contributed by atoms with van der Waals surface area (Å²) in [6.45, 7) is 0.